The van der Waals surface area contributed by atoms with Gasteiger partial charge in [-0.1, -0.05) is 18.2 Å². The number of carbonyl (C=O) groups excluding carboxylic acids is 1. The number of hydrogen-bond donors (Lipinski definition) is 1. The predicted molar refractivity (Wildman–Crippen MR) is 142 cm³/mol. The van der Waals surface area contributed by atoms with Crippen LogP contribution in [0.1, 0.15) is 23.6 Å². The smallest absolute Gasteiger partial charge is 0.242 e. The molecule has 1 amide bonds. The van der Waals surface area contributed by atoms with E-state index < -0.39 is 0 Å². The molecule has 4 aromatic rings. The van der Waals surface area contributed by atoms with Gasteiger partial charge in [-0.05, 0) is 37.4 Å². The fraction of sp³-hybridized carbons (Fsp3) is 0.429. The monoisotopic (exact) mass is 513 g/mol. The molecule has 0 spiro atoms. The zero-order valence-electron chi connectivity index (χ0n) is 21.7. The first-order valence-corrected chi connectivity index (χ1v) is 13.3. The van der Waals surface area contributed by atoms with Crippen LogP contribution in [0.25, 0.3) is 33.5 Å². The van der Waals surface area contributed by atoms with Crippen LogP contribution in [-0.4, -0.2) is 93.7 Å². The van der Waals surface area contributed by atoms with Gasteiger partial charge in [0.15, 0.2) is 0 Å². The largest absolute Gasteiger partial charge is 0.494 e. The molecule has 0 saturated carbocycles. The van der Waals surface area contributed by atoms with Gasteiger partial charge in [-0.3, -0.25) is 19.5 Å². The minimum absolute atomic E-state index is 0.132. The van der Waals surface area contributed by atoms with Gasteiger partial charge in [0.05, 0.1) is 38.1 Å². The quantitative estimate of drug-likeness (QED) is 0.438. The van der Waals surface area contributed by atoms with Crippen molar-refractivity contribution in [3.63, 3.8) is 0 Å². The van der Waals surface area contributed by atoms with E-state index in [-0.39, 0.29) is 18.0 Å². The number of amides is 1. The van der Waals surface area contributed by atoms with Crippen molar-refractivity contribution in [1.82, 2.24) is 34.8 Å². The molecule has 5 heterocycles. The molecule has 0 unspecified atom stereocenters. The molecule has 10 heteroatoms. The number of rotatable bonds is 5. The molecule has 1 atom stereocenters. The first-order chi connectivity index (χ1) is 18.6. The summed E-state index contributed by atoms with van der Waals surface area (Å²) in [5, 5.41) is 12.3. The third-order valence-corrected chi connectivity index (χ3v) is 8.23. The molecule has 3 aliphatic rings. The van der Waals surface area contributed by atoms with E-state index in [0.29, 0.717) is 26.3 Å². The van der Waals surface area contributed by atoms with Gasteiger partial charge in [-0.2, -0.15) is 10.2 Å². The fourth-order valence-corrected chi connectivity index (χ4v) is 5.94. The lowest BCUT2D eigenvalue weighted by Crippen LogP contribution is -2.59. The maximum Gasteiger partial charge on any atom is 0.242 e. The van der Waals surface area contributed by atoms with Gasteiger partial charge in [0.1, 0.15) is 28.7 Å². The summed E-state index contributed by atoms with van der Waals surface area (Å²) < 4.78 is 13.2. The number of hydrogen-bond acceptors (Lipinski definition) is 7. The van der Waals surface area contributed by atoms with Crippen molar-refractivity contribution in [2.24, 2.45) is 0 Å². The number of H-pyrrole nitrogens is 1. The van der Waals surface area contributed by atoms with Crippen molar-refractivity contribution in [2.45, 2.75) is 31.3 Å². The number of pyridine rings is 1. The topological polar surface area (TPSA) is 101 Å². The maximum absolute atomic E-state index is 12.9. The number of methoxy groups -OCH3 is 1. The Labute approximate surface area is 220 Å². The Balaban J connectivity index is 1.15. The van der Waals surface area contributed by atoms with Crippen molar-refractivity contribution >= 4 is 16.9 Å². The average Bonchev–Trinajstić information content (AvgIpc) is 3.66. The number of aromatic amines is 1. The van der Waals surface area contributed by atoms with Crippen LogP contribution in [0.4, 0.5) is 0 Å². The third-order valence-electron chi connectivity index (χ3n) is 8.23. The van der Waals surface area contributed by atoms with Crippen molar-refractivity contribution in [2.75, 3.05) is 47.0 Å². The molecular weight excluding hydrogens is 482 g/mol. The number of carbonyl (C=O) groups is 1. The molecule has 196 valence electrons. The number of likely N-dealkylation sites (N-methyl/N-ethyl adjacent to an activating group) is 1. The number of ether oxygens (including phenoxy) is 2. The Morgan fingerprint density at radius 2 is 2.11 bits per heavy atom. The van der Waals surface area contributed by atoms with E-state index in [1.165, 1.54) is 17.5 Å². The summed E-state index contributed by atoms with van der Waals surface area (Å²) in [7, 11) is 3.67. The third kappa shape index (κ3) is 3.78. The Morgan fingerprint density at radius 3 is 2.95 bits per heavy atom. The molecule has 0 radical (unpaired) electrons. The van der Waals surface area contributed by atoms with Crippen LogP contribution >= 0.6 is 0 Å². The second-order valence-corrected chi connectivity index (χ2v) is 10.5. The Kier molecular flexibility index (Phi) is 5.66. The van der Waals surface area contributed by atoms with Gasteiger partial charge in [0, 0.05) is 43.0 Å². The number of benzene rings is 1. The maximum atomic E-state index is 12.9. The van der Waals surface area contributed by atoms with Crippen LogP contribution in [0, 0.1) is 0 Å². The van der Waals surface area contributed by atoms with Crippen molar-refractivity contribution < 1.29 is 14.3 Å². The van der Waals surface area contributed by atoms with Crippen LogP contribution < -0.4 is 4.74 Å². The van der Waals surface area contributed by atoms with Gasteiger partial charge >= 0.3 is 0 Å². The van der Waals surface area contributed by atoms with E-state index in [9.17, 15) is 4.79 Å². The fourth-order valence-electron chi connectivity index (χ4n) is 5.94. The normalized spacial score (nSPS) is 20.1. The highest BCUT2D eigenvalue weighted by Crippen LogP contribution is 2.39. The van der Waals surface area contributed by atoms with Crippen LogP contribution in [0.15, 0.2) is 36.7 Å². The minimum Gasteiger partial charge on any atom is -0.494 e. The second kappa shape index (κ2) is 9.21. The number of fused-ring (bicyclic) bond motifs is 2. The summed E-state index contributed by atoms with van der Waals surface area (Å²) in [6, 6.07) is 8.38. The molecule has 7 rings (SSSR count). The van der Waals surface area contributed by atoms with Crippen LogP contribution in [0.3, 0.4) is 0 Å². The number of aryl methyl sites for hydroxylation is 1. The highest BCUT2D eigenvalue weighted by atomic mass is 16.5. The van der Waals surface area contributed by atoms with Crippen molar-refractivity contribution in [3.05, 3.63) is 47.8 Å². The summed E-state index contributed by atoms with van der Waals surface area (Å²) in [6.07, 6.45) is 7.17. The summed E-state index contributed by atoms with van der Waals surface area (Å²) in [5.74, 6) is 0.865. The number of nitrogens with zero attached hydrogens (tertiary/aromatic N) is 6. The minimum atomic E-state index is -0.198. The number of morpholine rings is 1. The average molecular weight is 514 g/mol. The molecule has 3 aromatic heterocycles. The SMILES string of the molecule is COc1cc2[nH]nc(-c3cnn(C4CN(C(=O)[C@@H]5COCCN5C)C4)c3)c2nc1-c1cccc2c1CCC2. The van der Waals surface area contributed by atoms with Gasteiger partial charge in [-0.25, -0.2) is 4.98 Å². The summed E-state index contributed by atoms with van der Waals surface area (Å²) in [4.78, 5) is 22.0. The van der Waals surface area contributed by atoms with E-state index in [0.717, 1.165) is 58.7 Å². The van der Waals surface area contributed by atoms with Gasteiger partial charge in [0.25, 0.3) is 0 Å². The summed E-state index contributed by atoms with van der Waals surface area (Å²) in [5.41, 5.74) is 8.01. The number of nitrogens with one attached hydrogen (secondary N) is 1. The van der Waals surface area contributed by atoms with Crippen molar-refractivity contribution in [1.29, 1.82) is 0 Å². The Hall–Kier alpha value is -3.76. The van der Waals surface area contributed by atoms with Gasteiger partial charge in [-0.15, -0.1) is 0 Å². The van der Waals surface area contributed by atoms with Gasteiger partial charge < -0.3 is 14.4 Å². The molecule has 2 fully saturated rings. The second-order valence-electron chi connectivity index (χ2n) is 10.5. The van der Waals surface area contributed by atoms with Crippen molar-refractivity contribution in [3.8, 4) is 28.3 Å². The predicted octanol–water partition coefficient (Wildman–Crippen LogP) is 2.70. The molecular formula is C28H31N7O3. The first-order valence-electron chi connectivity index (χ1n) is 13.3. The molecule has 1 aliphatic carbocycles. The van der Waals surface area contributed by atoms with Gasteiger partial charge in [0.2, 0.25) is 5.91 Å². The van der Waals surface area contributed by atoms with Crippen LogP contribution in [0.2, 0.25) is 0 Å². The lowest BCUT2D eigenvalue weighted by molar-refractivity contribution is -0.148. The standard InChI is InChI=1S/C28H31N7O3/c1-33-9-10-38-16-23(33)28(36)34-14-19(15-34)35-13-18(12-29-35)25-27-22(31-32-25)11-24(37-2)26(30-27)21-8-4-6-17-5-3-7-20(17)21/h4,6,8,11-13,19,23H,3,5,7,9-10,14-16H2,1-2H3,(H,31,32)/t23-/m0/s1. The van der Waals surface area contributed by atoms with E-state index in [1.807, 2.05) is 35.1 Å². The molecule has 0 bridgehead atoms. The number of likely N-dealkylation sites (tertiary alicyclic amines) is 1. The molecule has 2 aliphatic heterocycles. The Morgan fingerprint density at radius 1 is 1.21 bits per heavy atom. The lowest BCUT2D eigenvalue weighted by Gasteiger charge is -2.43. The van der Waals surface area contributed by atoms with E-state index in [2.05, 4.69) is 38.4 Å². The molecule has 2 saturated heterocycles. The zero-order chi connectivity index (χ0) is 25.8. The summed E-state index contributed by atoms with van der Waals surface area (Å²) >= 11 is 0. The van der Waals surface area contributed by atoms with E-state index in [1.54, 1.807) is 7.11 Å². The molecule has 1 aromatic carbocycles. The van der Waals surface area contributed by atoms with E-state index >= 15 is 0 Å². The molecule has 10 nitrogen and oxygen atoms in total. The highest BCUT2D eigenvalue weighted by Gasteiger charge is 2.38. The first kappa shape index (κ1) is 23.4. The van der Waals surface area contributed by atoms with Crippen LogP contribution in [-0.2, 0) is 22.4 Å². The van der Waals surface area contributed by atoms with E-state index in [4.69, 9.17) is 14.5 Å². The molecule has 1 N–H and O–H groups in total. The lowest BCUT2D eigenvalue weighted by atomic mass is 9.99. The van der Waals surface area contributed by atoms with Crippen LogP contribution in [0.5, 0.6) is 5.75 Å². The summed E-state index contributed by atoms with van der Waals surface area (Å²) in [6.45, 7) is 3.20. The molecule has 38 heavy (non-hydrogen) atoms. The highest BCUT2D eigenvalue weighted by molar-refractivity contribution is 5.93. The zero-order valence-corrected chi connectivity index (χ0v) is 21.7. The Bertz CT molecular complexity index is 1520. The number of aromatic nitrogens is 5.